The molecule has 0 bridgehead atoms. The highest BCUT2D eigenvalue weighted by molar-refractivity contribution is 6.26. The van der Waals surface area contributed by atoms with Crippen molar-refractivity contribution >= 4 is 23.3 Å². The molecule has 1 aliphatic rings. The van der Waals surface area contributed by atoms with Crippen molar-refractivity contribution in [2.45, 2.75) is 19.5 Å². The topological polar surface area (TPSA) is 66.5 Å². The molecule has 25 heavy (non-hydrogen) atoms. The van der Waals surface area contributed by atoms with Crippen LogP contribution in [0.15, 0.2) is 54.6 Å². The van der Waals surface area contributed by atoms with Crippen LogP contribution in [-0.4, -0.2) is 28.5 Å². The van der Waals surface area contributed by atoms with E-state index >= 15 is 0 Å². The van der Waals surface area contributed by atoms with E-state index < -0.39 is 35.4 Å². The summed E-state index contributed by atoms with van der Waals surface area (Å²) in [6.45, 7) is 1.84. The Labute approximate surface area is 144 Å². The summed E-state index contributed by atoms with van der Waals surface area (Å²) in [7, 11) is 0. The zero-order valence-electron chi connectivity index (χ0n) is 13.6. The minimum Gasteiger partial charge on any atom is -0.327 e. The summed E-state index contributed by atoms with van der Waals surface area (Å²) >= 11 is 0. The number of ketones is 1. The van der Waals surface area contributed by atoms with Gasteiger partial charge in [-0.3, -0.25) is 14.4 Å². The third kappa shape index (κ3) is 3.28. The average Bonchev–Trinajstić information content (AvgIpc) is 2.81. The summed E-state index contributed by atoms with van der Waals surface area (Å²) in [5.41, 5.74) is 0.813. The molecule has 5 nitrogen and oxygen atoms in total. The van der Waals surface area contributed by atoms with E-state index in [2.05, 4.69) is 5.32 Å². The molecule has 1 aliphatic heterocycles. The van der Waals surface area contributed by atoms with Gasteiger partial charge in [0.1, 0.15) is 5.82 Å². The van der Waals surface area contributed by atoms with Gasteiger partial charge >= 0.3 is 0 Å². The molecule has 0 aliphatic carbocycles. The normalized spacial score (nSPS) is 20.0. The molecule has 128 valence electrons. The summed E-state index contributed by atoms with van der Waals surface area (Å²) in [5.74, 6) is -3.91. The van der Waals surface area contributed by atoms with Crippen molar-refractivity contribution < 1.29 is 18.8 Å². The van der Waals surface area contributed by atoms with Crippen molar-refractivity contribution in [2.24, 2.45) is 5.92 Å². The molecule has 3 rings (SSSR count). The van der Waals surface area contributed by atoms with E-state index in [4.69, 9.17) is 0 Å². The maximum Gasteiger partial charge on any atom is 0.244 e. The van der Waals surface area contributed by atoms with Crippen LogP contribution < -0.4 is 5.32 Å². The Kier molecular flexibility index (Phi) is 4.61. The Hall–Kier alpha value is -3.02. The van der Waals surface area contributed by atoms with Gasteiger partial charge in [0.15, 0.2) is 11.7 Å². The Bertz CT molecular complexity index is 822. The first-order valence-corrected chi connectivity index (χ1v) is 7.92. The quantitative estimate of drug-likeness (QED) is 0.869. The van der Waals surface area contributed by atoms with Gasteiger partial charge in [0, 0.05) is 6.54 Å². The molecule has 6 heteroatoms. The number of anilines is 1. The highest BCUT2D eigenvalue weighted by Gasteiger charge is 2.48. The van der Waals surface area contributed by atoms with Gasteiger partial charge in [-0.1, -0.05) is 42.5 Å². The number of hydrogen-bond acceptors (Lipinski definition) is 3. The molecule has 0 spiro atoms. The zero-order chi connectivity index (χ0) is 18.0. The van der Waals surface area contributed by atoms with Crippen molar-refractivity contribution in [1.82, 2.24) is 4.90 Å². The van der Waals surface area contributed by atoms with E-state index in [1.165, 1.54) is 23.1 Å². The number of Topliss-reactive ketones (excluding diaryl/α,β-unsaturated/α-hetero) is 1. The lowest BCUT2D eigenvalue weighted by molar-refractivity contribution is -0.138. The molecule has 0 saturated carbocycles. The average molecular weight is 340 g/mol. The van der Waals surface area contributed by atoms with Crippen molar-refractivity contribution in [2.75, 3.05) is 5.32 Å². The molecule has 0 unspecified atom stereocenters. The lowest BCUT2D eigenvalue weighted by Gasteiger charge is -2.20. The Morgan fingerprint density at radius 3 is 2.40 bits per heavy atom. The fourth-order valence-electron chi connectivity index (χ4n) is 2.88. The number of likely N-dealkylation sites (tertiary alicyclic amines) is 1. The van der Waals surface area contributed by atoms with Gasteiger partial charge in [0.2, 0.25) is 11.8 Å². The van der Waals surface area contributed by atoms with Crippen LogP contribution in [0.3, 0.4) is 0 Å². The van der Waals surface area contributed by atoms with Gasteiger partial charge in [-0.25, -0.2) is 4.39 Å². The van der Waals surface area contributed by atoms with Crippen LogP contribution in [0.25, 0.3) is 0 Å². The Morgan fingerprint density at radius 2 is 1.72 bits per heavy atom. The molecule has 1 N–H and O–H groups in total. The molecule has 2 aromatic rings. The maximum atomic E-state index is 13.7. The van der Waals surface area contributed by atoms with Crippen molar-refractivity contribution in [3.05, 3.63) is 66.0 Å². The van der Waals surface area contributed by atoms with Crippen molar-refractivity contribution in [1.29, 1.82) is 0 Å². The van der Waals surface area contributed by atoms with Crippen LogP contribution >= 0.6 is 0 Å². The second-order valence-electron chi connectivity index (χ2n) is 5.93. The largest absolute Gasteiger partial charge is 0.327 e. The molecule has 2 atom stereocenters. The number of carbonyl (C=O) groups is 3. The molecular weight excluding hydrogens is 323 g/mol. The number of halogens is 1. The molecule has 2 amide bonds. The summed E-state index contributed by atoms with van der Waals surface area (Å²) < 4.78 is 13.7. The van der Waals surface area contributed by atoms with Crippen LogP contribution in [0.1, 0.15) is 12.5 Å². The van der Waals surface area contributed by atoms with Gasteiger partial charge in [0.25, 0.3) is 0 Å². The first-order chi connectivity index (χ1) is 12.0. The Morgan fingerprint density at radius 1 is 1.08 bits per heavy atom. The number of amides is 2. The zero-order valence-corrected chi connectivity index (χ0v) is 13.6. The van der Waals surface area contributed by atoms with Crippen molar-refractivity contribution in [3.8, 4) is 0 Å². The summed E-state index contributed by atoms with van der Waals surface area (Å²) in [6, 6.07) is 14.1. The fraction of sp³-hybridized carbons (Fsp3) is 0.211. The second kappa shape index (κ2) is 6.84. The molecular formula is C19H17FN2O3. The number of nitrogens with zero attached hydrogens (tertiary/aromatic N) is 1. The van der Waals surface area contributed by atoms with E-state index in [1.807, 2.05) is 30.3 Å². The number of carbonyl (C=O) groups excluding carboxylic acids is 3. The number of rotatable bonds is 4. The fourth-order valence-corrected chi connectivity index (χ4v) is 2.88. The molecule has 0 aromatic heterocycles. The number of nitrogens with one attached hydrogen (secondary N) is 1. The van der Waals surface area contributed by atoms with E-state index in [1.54, 1.807) is 13.0 Å². The van der Waals surface area contributed by atoms with Crippen LogP contribution in [0, 0.1) is 11.7 Å². The second-order valence-corrected chi connectivity index (χ2v) is 5.93. The van der Waals surface area contributed by atoms with Gasteiger partial charge in [0.05, 0.1) is 11.7 Å². The number of para-hydroxylation sites is 1. The number of hydrogen-bond donors (Lipinski definition) is 1. The van der Waals surface area contributed by atoms with Crippen LogP contribution in [-0.2, 0) is 20.9 Å². The van der Waals surface area contributed by atoms with E-state index in [0.29, 0.717) is 0 Å². The molecule has 1 fully saturated rings. The highest BCUT2D eigenvalue weighted by Crippen LogP contribution is 2.25. The van der Waals surface area contributed by atoms with Gasteiger partial charge in [-0.2, -0.15) is 0 Å². The minimum absolute atomic E-state index is 0.0535. The predicted octanol–water partition coefficient (Wildman–Crippen LogP) is 2.38. The van der Waals surface area contributed by atoms with Crippen LogP contribution in [0.5, 0.6) is 0 Å². The van der Waals surface area contributed by atoms with Crippen molar-refractivity contribution in [3.63, 3.8) is 0 Å². The summed E-state index contributed by atoms with van der Waals surface area (Å²) in [5, 5.41) is 2.34. The predicted molar refractivity (Wildman–Crippen MR) is 90.0 cm³/mol. The molecule has 1 saturated heterocycles. The van der Waals surface area contributed by atoms with Crippen LogP contribution in [0.2, 0.25) is 0 Å². The first-order valence-electron chi connectivity index (χ1n) is 7.92. The van der Waals surface area contributed by atoms with Gasteiger partial charge in [-0.15, -0.1) is 0 Å². The van der Waals surface area contributed by atoms with E-state index in [9.17, 15) is 18.8 Å². The first kappa shape index (κ1) is 16.8. The van der Waals surface area contributed by atoms with E-state index in [-0.39, 0.29) is 12.2 Å². The minimum atomic E-state index is -1.45. The Balaban J connectivity index is 1.78. The lowest BCUT2D eigenvalue weighted by Crippen LogP contribution is -2.34. The highest BCUT2D eigenvalue weighted by atomic mass is 19.1. The van der Waals surface area contributed by atoms with Crippen LogP contribution in [0.4, 0.5) is 10.1 Å². The van der Waals surface area contributed by atoms with Gasteiger partial charge in [-0.05, 0) is 24.6 Å². The maximum absolute atomic E-state index is 13.7. The smallest absolute Gasteiger partial charge is 0.244 e. The van der Waals surface area contributed by atoms with E-state index in [0.717, 1.165) is 5.56 Å². The lowest BCUT2D eigenvalue weighted by atomic mass is 10.0. The number of benzene rings is 2. The standard InChI is InChI=1S/C19H17FN2O3/c1-12-17(23)16(18(24)21-15-10-6-5-9-14(15)20)19(25)22(12)11-13-7-3-2-4-8-13/h2-10,12,16H,11H2,1H3,(H,21,24)/t12-,16-/m0/s1. The molecule has 0 radical (unpaired) electrons. The summed E-state index contributed by atoms with van der Waals surface area (Å²) in [6.07, 6.45) is 0. The monoisotopic (exact) mass is 340 g/mol. The van der Waals surface area contributed by atoms with Gasteiger partial charge < -0.3 is 10.2 Å². The third-order valence-corrected chi connectivity index (χ3v) is 4.28. The molecule has 1 heterocycles. The SMILES string of the molecule is C[C@H]1C(=O)[C@@H](C(=O)Nc2ccccc2F)C(=O)N1Cc1ccccc1. The molecule has 2 aromatic carbocycles. The summed E-state index contributed by atoms with van der Waals surface area (Å²) in [4.78, 5) is 38.8. The third-order valence-electron chi connectivity index (χ3n) is 4.28.